The van der Waals surface area contributed by atoms with E-state index in [1.165, 1.54) is 5.56 Å². The van der Waals surface area contributed by atoms with Crippen molar-refractivity contribution in [1.29, 1.82) is 0 Å². The number of amides is 1. The summed E-state index contributed by atoms with van der Waals surface area (Å²) in [5, 5.41) is 6.69. The summed E-state index contributed by atoms with van der Waals surface area (Å²) in [6.07, 6.45) is 3.11. The first-order valence-electron chi connectivity index (χ1n) is 5.88. The predicted molar refractivity (Wildman–Crippen MR) is 73.9 cm³/mol. The molecule has 1 unspecified atom stereocenters. The molecule has 0 aromatic heterocycles. The standard InChI is InChI=1S/C13H18N2OS/c1-9(17-2)8-15-13(16)11-4-3-10-5-6-14-12(10)7-11/h3-4,7,9,14H,5-6,8H2,1-2H3,(H,15,16). The van der Waals surface area contributed by atoms with E-state index in [4.69, 9.17) is 0 Å². The second-order valence-corrected chi connectivity index (χ2v) is 5.58. The molecule has 1 aliphatic heterocycles. The number of anilines is 1. The van der Waals surface area contributed by atoms with Crippen molar-refractivity contribution in [2.45, 2.75) is 18.6 Å². The molecule has 17 heavy (non-hydrogen) atoms. The van der Waals surface area contributed by atoms with Crippen LogP contribution in [-0.2, 0) is 6.42 Å². The molecule has 3 nitrogen and oxygen atoms in total. The summed E-state index contributed by atoms with van der Waals surface area (Å²) >= 11 is 1.75. The van der Waals surface area contributed by atoms with Crippen molar-refractivity contribution in [3.63, 3.8) is 0 Å². The van der Waals surface area contributed by atoms with Gasteiger partial charge in [0.25, 0.3) is 5.91 Å². The molecule has 0 spiro atoms. The smallest absolute Gasteiger partial charge is 0.251 e. The monoisotopic (exact) mass is 250 g/mol. The minimum Gasteiger partial charge on any atom is -0.384 e. The minimum absolute atomic E-state index is 0.0161. The number of benzene rings is 1. The third kappa shape index (κ3) is 2.94. The molecule has 1 aliphatic rings. The van der Waals surface area contributed by atoms with Crippen LogP contribution >= 0.6 is 11.8 Å². The van der Waals surface area contributed by atoms with Gasteiger partial charge in [-0.25, -0.2) is 0 Å². The third-order valence-corrected chi connectivity index (χ3v) is 4.01. The SMILES string of the molecule is CSC(C)CNC(=O)c1ccc2c(c1)NCC2. The van der Waals surface area contributed by atoms with E-state index in [0.717, 1.165) is 24.2 Å². The van der Waals surface area contributed by atoms with Crippen molar-refractivity contribution in [1.82, 2.24) is 5.32 Å². The fraction of sp³-hybridized carbons (Fsp3) is 0.462. The Hall–Kier alpha value is -1.16. The molecule has 1 atom stereocenters. The lowest BCUT2D eigenvalue weighted by Crippen LogP contribution is -2.29. The van der Waals surface area contributed by atoms with Gasteiger partial charge in [-0.3, -0.25) is 4.79 Å². The molecule has 0 saturated carbocycles. The summed E-state index contributed by atoms with van der Waals surface area (Å²) in [4.78, 5) is 11.9. The van der Waals surface area contributed by atoms with E-state index in [1.807, 2.05) is 18.2 Å². The van der Waals surface area contributed by atoms with Gasteiger partial charge in [0.05, 0.1) is 0 Å². The van der Waals surface area contributed by atoms with Gasteiger partial charge in [0.1, 0.15) is 0 Å². The molecule has 1 amide bonds. The number of carbonyl (C=O) groups is 1. The van der Waals surface area contributed by atoms with Crippen LogP contribution in [-0.4, -0.2) is 30.5 Å². The maximum atomic E-state index is 11.9. The highest BCUT2D eigenvalue weighted by Crippen LogP contribution is 2.23. The van der Waals surface area contributed by atoms with E-state index in [-0.39, 0.29) is 5.91 Å². The van der Waals surface area contributed by atoms with Gasteiger partial charge in [0, 0.05) is 29.6 Å². The van der Waals surface area contributed by atoms with E-state index in [1.54, 1.807) is 11.8 Å². The molecule has 0 bridgehead atoms. The molecule has 1 aromatic rings. The highest BCUT2D eigenvalue weighted by Gasteiger charge is 2.13. The van der Waals surface area contributed by atoms with E-state index in [0.29, 0.717) is 11.8 Å². The highest BCUT2D eigenvalue weighted by atomic mass is 32.2. The molecule has 0 radical (unpaired) electrons. The molecule has 0 saturated heterocycles. The Morgan fingerprint density at radius 2 is 2.41 bits per heavy atom. The van der Waals surface area contributed by atoms with Crippen LogP contribution in [0.4, 0.5) is 5.69 Å². The topological polar surface area (TPSA) is 41.1 Å². The van der Waals surface area contributed by atoms with E-state index in [2.05, 4.69) is 23.8 Å². The fourth-order valence-corrected chi connectivity index (χ4v) is 2.10. The summed E-state index contributed by atoms with van der Waals surface area (Å²) in [5.41, 5.74) is 3.15. The lowest BCUT2D eigenvalue weighted by Gasteiger charge is -2.10. The highest BCUT2D eigenvalue weighted by molar-refractivity contribution is 7.99. The molecule has 92 valence electrons. The van der Waals surface area contributed by atoms with Crippen molar-refractivity contribution in [3.8, 4) is 0 Å². The Morgan fingerprint density at radius 3 is 3.18 bits per heavy atom. The number of hydrogen-bond acceptors (Lipinski definition) is 3. The Balaban J connectivity index is 2.00. The van der Waals surface area contributed by atoms with Crippen LogP contribution < -0.4 is 10.6 Å². The Labute approximate surface area is 106 Å². The van der Waals surface area contributed by atoms with Gasteiger partial charge in [-0.15, -0.1) is 0 Å². The summed E-state index contributed by atoms with van der Waals surface area (Å²) in [5.74, 6) is 0.0161. The van der Waals surface area contributed by atoms with E-state index >= 15 is 0 Å². The molecule has 0 fully saturated rings. The summed E-state index contributed by atoms with van der Waals surface area (Å²) in [6, 6.07) is 5.90. The second-order valence-electron chi connectivity index (χ2n) is 4.31. The van der Waals surface area contributed by atoms with Gasteiger partial charge in [-0.2, -0.15) is 11.8 Å². The largest absolute Gasteiger partial charge is 0.384 e. The van der Waals surface area contributed by atoms with Crippen LogP contribution in [0.15, 0.2) is 18.2 Å². The first kappa shape index (κ1) is 12.3. The Kier molecular flexibility index (Phi) is 3.94. The average Bonchev–Trinajstić information content (AvgIpc) is 2.82. The third-order valence-electron chi connectivity index (χ3n) is 3.03. The molecule has 0 aliphatic carbocycles. The number of nitrogens with one attached hydrogen (secondary N) is 2. The lowest BCUT2D eigenvalue weighted by atomic mass is 10.1. The van der Waals surface area contributed by atoms with Gasteiger partial charge < -0.3 is 10.6 Å². The zero-order valence-electron chi connectivity index (χ0n) is 10.2. The van der Waals surface area contributed by atoms with Crippen LogP contribution in [0.1, 0.15) is 22.8 Å². The van der Waals surface area contributed by atoms with Gasteiger partial charge in [0.15, 0.2) is 0 Å². The zero-order chi connectivity index (χ0) is 12.3. The van der Waals surface area contributed by atoms with Crippen molar-refractivity contribution in [2.75, 3.05) is 24.7 Å². The fourth-order valence-electron chi connectivity index (χ4n) is 1.85. The number of carbonyl (C=O) groups excluding carboxylic acids is 1. The first-order valence-corrected chi connectivity index (χ1v) is 7.17. The van der Waals surface area contributed by atoms with Gasteiger partial charge in [-0.1, -0.05) is 13.0 Å². The van der Waals surface area contributed by atoms with Gasteiger partial charge >= 0.3 is 0 Å². The molecular weight excluding hydrogens is 232 g/mol. The summed E-state index contributed by atoms with van der Waals surface area (Å²) < 4.78 is 0. The molecular formula is C13H18N2OS. The van der Waals surface area contributed by atoms with E-state index in [9.17, 15) is 4.79 Å². The number of hydrogen-bond donors (Lipinski definition) is 2. The van der Waals surface area contributed by atoms with Crippen molar-refractivity contribution < 1.29 is 4.79 Å². The Bertz CT molecular complexity index is 420. The van der Waals surface area contributed by atoms with Crippen LogP contribution in [0.25, 0.3) is 0 Å². The van der Waals surface area contributed by atoms with Crippen LogP contribution in [0, 0.1) is 0 Å². The van der Waals surface area contributed by atoms with Gasteiger partial charge in [0.2, 0.25) is 0 Å². The number of rotatable bonds is 4. The second kappa shape index (κ2) is 5.45. The zero-order valence-corrected chi connectivity index (χ0v) is 11.1. The van der Waals surface area contributed by atoms with Crippen molar-refractivity contribution in [3.05, 3.63) is 29.3 Å². The van der Waals surface area contributed by atoms with Crippen LogP contribution in [0.3, 0.4) is 0 Å². The number of fused-ring (bicyclic) bond motifs is 1. The van der Waals surface area contributed by atoms with Gasteiger partial charge in [-0.05, 0) is 30.4 Å². The van der Waals surface area contributed by atoms with Crippen LogP contribution in [0.5, 0.6) is 0 Å². The normalized spacial score (nSPS) is 14.9. The quantitative estimate of drug-likeness (QED) is 0.860. The number of thioether (sulfide) groups is 1. The molecule has 2 N–H and O–H groups in total. The predicted octanol–water partition coefficient (Wildman–Crippen LogP) is 2.14. The van der Waals surface area contributed by atoms with E-state index < -0.39 is 0 Å². The maximum Gasteiger partial charge on any atom is 0.251 e. The van der Waals surface area contributed by atoms with Crippen LogP contribution in [0.2, 0.25) is 0 Å². The lowest BCUT2D eigenvalue weighted by molar-refractivity contribution is 0.0954. The maximum absolute atomic E-state index is 11.9. The molecule has 4 heteroatoms. The summed E-state index contributed by atoms with van der Waals surface area (Å²) in [6.45, 7) is 3.80. The minimum atomic E-state index is 0.0161. The average molecular weight is 250 g/mol. The molecule has 1 heterocycles. The van der Waals surface area contributed by atoms with Crippen molar-refractivity contribution >= 4 is 23.4 Å². The van der Waals surface area contributed by atoms with Crippen molar-refractivity contribution in [2.24, 2.45) is 0 Å². The first-order chi connectivity index (χ1) is 8.20. The Morgan fingerprint density at radius 1 is 1.59 bits per heavy atom. The summed E-state index contributed by atoms with van der Waals surface area (Å²) in [7, 11) is 0. The molecule has 2 rings (SSSR count). The molecule has 1 aromatic carbocycles.